The van der Waals surface area contributed by atoms with Crippen molar-refractivity contribution in [2.24, 2.45) is 0 Å². The summed E-state index contributed by atoms with van der Waals surface area (Å²) in [4.78, 5) is 9.97. The molecule has 0 aliphatic carbocycles. The third kappa shape index (κ3) is 4.07. The van der Waals surface area contributed by atoms with Crippen LogP contribution in [0.15, 0.2) is 24.3 Å². The van der Waals surface area contributed by atoms with Gasteiger partial charge < -0.3 is 4.79 Å². The van der Waals surface area contributed by atoms with Gasteiger partial charge >= 0.3 is 0 Å². The number of aldehydes is 1. The van der Waals surface area contributed by atoms with E-state index in [0.717, 1.165) is 19.1 Å². The van der Waals surface area contributed by atoms with E-state index in [0.29, 0.717) is 6.42 Å². The number of allylic oxidation sites excluding steroid dienone is 3. The maximum absolute atomic E-state index is 9.97. The van der Waals surface area contributed by atoms with Crippen LogP contribution in [0.25, 0.3) is 0 Å². The summed E-state index contributed by atoms with van der Waals surface area (Å²) in [6.07, 6.45) is 7.30. The van der Waals surface area contributed by atoms with E-state index in [4.69, 9.17) is 0 Å². The van der Waals surface area contributed by atoms with Gasteiger partial charge in [-0.15, -0.1) is 0 Å². The standard InChI is InChI=1S/C9H14O/c1-3-6-9(4-2)7-5-8-10/h4,6,8H,2-3,5,7H2,1H3/b9-6+. The van der Waals surface area contributed by atoms with E-state index in [-0.39, 0.29) is 0 Å². The Morgan fingerprint density at radius 2 is 2.30 bits per heavy atom. The fourth-order valence-electron chi connectivity index (χ4n) is 0.775. The molecule has 0 aliphatic rings. The van der Waals surface area contributed by atoms with Crippen LogP contribution in [-0.4, -0.2) is 6.29 Å². The second kappa shape index (κ2) is 6.27. The molecule has 0 atom stereocenters. The normalized spacial score (nSPS) is 11.1. The zero-order valence-electron chi connectivity index (χ0n) is 6.47. The molecule has 0 aliphatic heterocycles. The van der Waals surface area contributed by atoms with Crippen LogP contribution in [0, 0.1) is 0 Å². The minimum atomic E-state index is 0.609. The van der Waals surface area contributed by atoms with Crippen LogP contribution in [0.2, 0.25) is 0 Å². The van der Waals surface area contributed by atoms with Crippen molar-refractivity contribution in [2.45, 2.75) is 26.2 Å². The summed E-state index contributed by atoms with van der Waals surface area (Å²) >= 11 is 0. The Morgan fingerprint density at radius 3 is 2.70 bits per heavy atom. The van der Waals surface area contributed by atoms with Gasteiger partial charge in [-0.3, -0.25) is 0 Å². The molecule has 0 rings (SSSR count). The number of carbonyl (C=O) groups excluding carboxylic acids is 1. The molecule has 0 aromatic heterocycles. The van der Waals surface area contributed by atoms with E-state index in [1.165, 1.54) is 5.57 Å². The van der Waals surface area contributed by atoms with Gasteiger partial charge in [0.2, 0.25) is 0 Å². The fourth-order valence-corrected chi connectivity index (χ4v) is 0.775. The van der Waals surface area contributed by atoms with Crippen LogP contribution >= 0.6 is 0 Å². The van der Waals surface area contributed by atoms with E-state index >= 15 is 0 Å². The summed E-state index contributed by atoms with van der Waals surface area (Å²) in [7, 11) is 0. The Balaban J connectivity index is 3.70. The minimum Gasteiger partial charge on any atom is -0.303 e. The van der Waals surface area contributed by atoms with Crippen molar-refractivity contribution in [2.75, 3.05) is 0 Å². The zero-order chi connectivity index (χ0) is 7.82. The van der Waals surface area contributed by atoms with Crippen molar-refractivity contribution in [1.29, 1.82) is 0 Å². The lowest BCUT2D eigenvalue weighted by Gasteiger charge is -1.94. The highest BCUT2D eigenvalue weighted by molar-refractivity contribution is 5.50. The molecule has 0 aromatic carbocycles. The van der Waals surface area contributed by atoms with E-state index < -0.39 is 0 Å². The van der Waals surface area contributed by atoms with Gasteiger partial charge in [-0.25, -0.2) is 0 Å². The largest absolute Gasteiger partial charge is 0.303 e. The van der Waals surface area contributed by atoms with Crippen molar-refractivity contribution in [1.82, 2.24) is 0 Å². The highest BCUT2D eigenvalue weighted by Gasteiger charge is 1.88. The molecular formula is C9H14O. The van der Waals surface area contributed by atoms with Gasteiger partial charge in [0.15, 0.2) is 0 Å². The second-order valence-electron chi connectivity index (χ2n) is 2.10. The Morgan fingerprint density at radius 1 is 1.60 bits per heavy atom. The van der Waals surface area contributed by atoms with Crippen molar-refractivity contribution in [3.05, 3.63) is 24.3 Å². The lowest BCUT2D eigenvalue weighted by Crippen LogP contribution is -1.79. The summed E-state index contributed by atoms with van der Waals surface area (Å²) in [5.74, 6) is 0. The summed E-state index contributed by atoms with van der Waals surface area (Å²) in [6.45, 7) is 5.72. The Kier molecular flexibility index (Phi) is 5.74. The van der Waals surface area contributed by atoms with E-state index in [9.17, 15) is 4.79 Å². The lowest BCUT2D eigenvalue weighted by atomic mass is 10.1. The summed E-state index contributed by atoms with van der Waals surface area (Å²) in [6, 6.07) is 0. The molecule has 1 heteroatoms. The Labute approximate surface area is 62.4 Å². The molecule has 0 spiro atoms. The number of hydrogen-bond donors (Lipinski definition) is 0. The van der Waals surface area contributed by atoms with Gasteiger partial charge in [0, 0.05) is 6.42 Å². The van der Waals surface area contributed by atoms with Crippen molar-refractivity contribution < 1.29 is 4.79 Å². The maximum atomic E-state index is 9.97. The van der Waals surface area contributed by atoms with Crippen LogP contribution < -0.4 is 0 Å². The fraction of sp³-hybridized carbons (Fsp3) is 0.444. The van der Waals surface area contributed by atoms with Gasteiger partial charge in [0.05, 0.1) is 0 Å². The molecule has 10 heavy (non-hydrogen) atoms. The topological polar surface area (TPSA) is 17.1 Å². The highest BCUT2D eigenvalue weighted by Crippen LogP contribution is 2.05. The molecule has 0 saturated carbocycles. The van der Waals surface area contributed by atoms with Gasteiger partial charge in [0.1, 0.15) is 6.29 Å². The van der Waals surface area contributed by atoms with Crippen LogP contribution in [0.1, 0.15) is 26.2 Å². The summed E-state index contributed by atoms with van der Waals surface area (Å²) < 4.78 is 0. The molecule has 0 heterocycles. The molecule has 0 unspecified atom stereocenters. The molecule has 0 radical (unpaired) electrons. The van der Waals surface area contributed by atoms with Crippen molar-refractivity contribution >= 4 is 6.29 Å². The quantitative estimate of drug-likeness (QED) is 0.421. The van der Waals surface area contributed by atoms with Crippen molar-refractivity contribution in [3.63, 3.8) is 0 Å². The van der Waals surface area contributed by atoms with E-state index in [1.54, 1.807) is 0 Å². The Bertz CT molecular complexity index is 134. The average molecular weight is 138 g/mol. The van der Waals surface area contributed by atoms with Gasteiger partial charge in [0.25, 0.3) is 0 Å². The molecular weight excluding hydrogens is 124 g/mol. The first kappa shape index (κ1) is 9.15. The number of rotatable bonds is 5. The molecule has 0 N–H and O–H groups in total. The number of hydrogen-bond acceptors (Lipinski definition) is 1. The molecule has 0 aromatic rings. The predicted octanol–water partition coefficient (Wildman–Crippen LogP) is 2.49. The lowest BCUT2D eigenvalue weighted by molar-refractivity contribution is -0.107. The molecule has 1 nitrogen and oxygen atoms in total. The first-order chi connectivity index (χ1) is 4.85. The van der Waals surface area contributed by atoms with Crippen LogP contribution in [0.3, 0.4) is 0 Å². The van der Waals surface area contributed by atoms with E-state index in [2.05, 4.69) is 19.6 Å². The SMILES string of the molecule is C=C/C(=C\CC)CCC=O. The van der Waals surface area contributed by atoms with Crippen LogP contribution in [-0.2, 0) is 4.79 Å². The highest BCUT2D eigenvalue weighted by atomic mass is 16.1. The Hall–Kier alpha value is -0.850. The zero-order valence-corrected chi connectivity index (χ0v) is 6.47. The third-order valence-corrected chi connectivity index (χ3v) is 1.28. The average Bonchev–Trinajstić information content (AvgIpc) is 1.98. The molecule has 0 bridgehead atoms. The second-order valence-corrected chi connectivity index (χ2v) is 2.10. The van der Waals surface area contributed by atoms with Crippen molar-refractivity contribution in [3.8, 4) is 0 Å². The van der Waals surface area contributed by atoms with Gasteiger partial charge in [-0.2, -0.15) is 0 Å². The monoisotopic (exact) mass is 138 g/mol. The molecule has 0 amide bonds. The van der Waals surface area contributed by atoms with Crippen LogP contribution in [0.5, 0.6) is 0 Å². The molecule has 56 valence electrons. The maximum Gasteiger partial charge on any atom is 0.120 e. The van der Waals surface area contributed by atoms with Gasteiger partial charge in [-0.1, -0.05) is 31.2 Å². The molecule has 0 fully saturated rings. The van der Waals surface area contributed by atoms with Gasteiger partial charge in [-0.05, 0) is 12.8 Å². The number of carbonyl (C=O) groups is 1. The first-order valence-corrected chi connectivity index (χ1v) is 3.60. The first-order valence-electron chi connectivity index (χ1n) is 3.60. The molecule has 0 saturated heterocycles. The van der Waals surface area contributed by atoms with Crippen LogP contribution in [0.4, 0.5) is 0 Å². The third-order valence-electron chi connectivity index (χ3n) is 1.28. The predicted molar refractivity (Wildman–Crippen MR) is 43.9 cm³/mol. The van der Waals surface area contributed by atoms with E-state index in [1.807, 2.05) is 6.08 Å². The minimum absolute atomic E-state index is 0.609. The summed E-state index contributed by atoms with van der Waals surface area (Å²) in [5.41, 5.74) is 1.18. The smallest absolute Gasteiger partial charge is 0.120 e. The summed E-state index contributed by atoms with van der Waals surface area (Å²) in [5, 5.41) is 0.